The maximum atomic E-state index is 12.4. The lowest BCUT2D eigenvalue weighted by Gasteiger charge is -2.11. The molecule has 0 atom stereocenters. The molecule has 1 heterocycles. The zero-order valence-electron chi connectivity index (χ0n) is 21.1. The first-order valence-corrected chi connectivity index (χ1v) is 13.3. The molecule has 1 aliphatic rings. The zero-order chi connectivity index (χ0) is 25.5. The first kappa shape index (κ1) is 28.4. The normalized spacial score (nSPS) is 13.3. The number of nitro benzene ring substituents is 2. The fourth-order valence-electron chi connectivity index (χ4n) is 4.46. The average molecular weight is 489 g/mol. The number of rotatable bonds is 19. The number of hydrazone groups is 1. The van der Waals surface area contributed by atoms with Crippen molar-refractivity contribution in [1.29, 1.82) is 0 Å². The number of carbonyl (C=O) groups excluding carboxylic acids is 1. The van der Waals surface area contributed by atoms with Gasteiger partial charge in [0.05, 0.1) is 22.3 Å². The molecular weight excluding hydrogens is 448 g/mol. The average Bonchev–Trinajstić information content (AvgIpc) is 3.21. The highest BCUT2D eigenvalue weighted by Crippen LogP contribution is 2.34. The Bertz CT molecular complexity index is 871. The van der Waals surface area contributed by atoms with Crippen molar-refractivity contribution in [3.05, 3.63) is 38.4 Å². The van der Waals surface area contributed by atoms with Crippen LogP contribution in [0, 0.1) is 20.2 Å². The lowest BCUT2D eigenvalue weighted by atomic mass is 10.0. The summed E-state index contributed by atoms with van der Waals surface area (Å²) in [7, 11) is 0. The van der Waals surface area contributed by atoms with E-state index in [4.69, 9.17) is 0 Å². The predicted molar refractivity (Wildman–Crippen MR) is 139 cm³/mol. The van der Waals surface area contributed by atoms with E-state index < -0.39 is 21.2 Å². The van der Waals surface area contributed by atoms with Crippen LogP contribution in [0.1, 0.15) is 116 Å². The van der Waals surface area contributed by atoms with Crippen LogP contribution in [0.4, 0.5) is 17.1 Å². The lowest BCUT2D eigenvalue weighted by molar-refractivity contribution is -0.393. The maximum absolute atomic E-state index is 12.4. The van der Waals surface area contributed by atoms with Crippen LogP contribution in [0.3, 0.4) is 0 Å². The van der Waals surface area contributed by atoms with Gasteiger partial charge in [-0.15, -0.1) is 0 Å². The number of benzene rings is 1. The monoisotopic (exact) mass is 488 g/mol. The smallest absolute Gasteiger partial charge is 0.272 e. The molecule has 0 saturated heterocycles. The van der Waals surface area contributed by atoms with Crippen LogP contribution in [0.2, 0.25) is 0 Å². The molecule has 9 heteroatoms. The third kappa shape index (κ3) is 10.1. The van der Waals surface area contributed by atoms with Gasteiger partial charge in [-0.3, -0.25) is 25.0 Å². The highest BCUT2D eigenvalue weighted by Gasteiger charge is 2.31. The summed E-state index contributed by atoms with van der Waals surface area (Å²) in [5.41, 5.74) is -0.215. The van der Waals surface area contributed by atoms with Gasteiger partial charge >= 0.3 is 5.69 Å². The van der Waals surface area contributed by atoms with E-state index in [1.54, 1.807) is 0 Å². The van der Waals surface area contributed by atoms with Crippen LogP contribution in [0.15, 0.2) is 23.3 Å². The summed E-state index contributed by atoms with van der Waals surface area (Å²) in [5, 5.41) is 27.6. The van der Waals surface area contributed by atoms with E-state index in [0.29, 0.717) is 12.1 Å². The molecule has 0 spiro atoms. The summed E-state index contributed by atoms with van der Waals surface area (Å²) in [5.74, 6) is -0.349. The van der Waals surface area contributed by atoms with Crippen LogP contribution in [0.5, 0.6) is 0 Å². The van der Waals surface area contributed by atoms with Gasteiger partial charge in [0.25, 0.3) is 11.6 Å². The number of carbonyl (C=O) groups is 1. The van der Waals surface area contributed by atoms with Gasteiger partial charge in [0.15, 0.2) is 0 Å². The summed E-state index contributed by atoms with van der Waals surface area (Å²) >= 11 is 0. The first-order chi connectivity index (χ1) is 16.9. The number of anilines is 1. The summed E-state index contributed by atoms with van der Waals surface area (Å²) in [4.78, 5) is 33.3. The number of nitro groups is 2. The fourth-order valence-corrected chi connectivity index (χ4v) is 4.46. The number of nitrogens with zero attached hydrogens (tertiary/aromatic N) is 4. The quantitative estimate of drug-likeness (QED) is 0.111. The molecule has 35 heavy (non-hydrogen) atoms. The number of amides is 1. The van der Waals surface area contributed by atoms with Gasteiger partial charge in [-0.25, -0.2) is 0 Å². The fraction of sp³-hybridized carbons (Fsp3) is 0.692. The van der Waals surface area contributed by atoms with Crippen molar-refractivity contribution in [3.8, 4) is 0 Å². The number of hydrogen-bond donors (Lipinski definition) is 0. The largest absolute Gasteiger partial charge is 0.301 e. The molecule has 0 fully saturated rings. The maximum Gasteiger partial charge on any atom is 0.301 e. The highest BCUT2D eigenvalue weighted by molar-refractivity contribution is 6.13. The third-order valence-corrected chi connectivity index (χ3v) is 6.50. The molecule has 0 radical (unpaired) electrons. The van der Waals surface area contributed by atoms with E-state index in [2.05, 4.69) is 12.0 Å². The third-order valence-electron chi connectivity index (χ3n) is 6.50. The number of unbranched alkanes of at least 4 members (excludes halogenated alkanes) is 14. The van der Waals surface area contributed by atoms with Gasteiger partial charge in [-0.1, -0.05) is 96.8 Å². The molecule has 1 aromatic carbocycles. The van der Waals surface area contributed by atoms with Crippen LogP contribution in [-0.2, 0) is 4.79 Å². The number of hydrogen-bond acceptors (Lipinski definition) is 6. The van der Waals surface area contributed by atoms with Crippen molar-refractivity contribution in [1.82, 2.24) is 0 Å². The van der Waals surface area contributed by atoms with Crippen LogP contribution < -0.4 is 5.01 Å². The lowest BCUT2D eigenvalue weighted by Crippen LogP contribution is -2.20. The molecule has 0 N–H and O–H groups in total. The molecule has 194 valence electrons. The Balaban J connectivity index is 1.61. The van der Waals surface area contributed by atoms with Crippen molar-refractivity contribution in [2.75, 3.05) is 5.01 Å². The molecule has 2 rings (SSSR count). The molecule has 1 aromatic rings. The Morgan fingerprint density at radius 3 is 1.80 bits per heavy atom. The second-order valence-corrected chi connectivity index (χ2v) is 9.44. The van der Waals surface area contributed by atoms with Gasteiger partial charge < -0.3 is 0 Å². The number of non-ortho nitro benzene ring substituents is 1. The molecule has 1 aliphatic heterocycles. The molecular formula is C26H40N4O5. The SMILES string of the molecule is CCCCCCCCCCCCCCCCCC1=NN(c2ccc([N+](=O)[O-])cc2[N+](=O)[O-])C(=O)C1. The summed E-state index contributed by atoms with van der Waals surface area (Å²) in [6, 6.07) is 3.23. The molecule has 0 bridgehead atoms. The van der Waals surface area contributed by atoms with Gasteiger partial charge in [0.2, 0.25) is 0 Å². The van der Waals surface area contributed by atoms with Crippen molar-refractivity contribution in [2.45, 2.75) is 116 Å². The standard InChI is InChI=1S/C26H40N4O5/c1-2-3-4-5-6-7-8-9-10-11-12-13-14-15-16-17-22-20-26(31)28(27-22)24-19-18-23(29(32)33)21-25(24)30(34)35/h18-19,21H,2-17,20H2,1H3. The summed E-state index contributed by atoms with van der Waals surface area (Å²) < 4.78 is 0. The minimum absolute atomic E-state index is 0.0305. The van der Waals surface area contributed by atoms with E-state index in [0.717, 1.165) is 36.4 Å². The Labute approximate surface area is 208 Å². The molecule has 0 unspecified atom stereocenters. The Morgan fingerprint density at radius 2 is 1.31 bits per heavy atom. The minimum atomic E-state index is -0.724. The van der Waals surface area contributed by atoms with Crippen molar-refractivity contribution in [3.63, 3.8) is 0 Å². The van der Waals surface area contributed by atoms with Gasteiger partial charge in [-0.05, 0) is 18.9 Å². The van der Waals surface area contributed by atoms with Crippen molar-refractivity contribution < 1.29 is 14.6 Å². The topological polar surface area (TPSA) is 119 Å². The van der Waals surface area contributed by atoms with Gasteiger partial charge in [0, 0.05) is 11.8 Å². The zero-order valence-corrected chi connectivity index (χ0v) is 21.1. The Hall–Kier alpha value is -2.84. The highest BCUT2D eigenvalue weighted by atomic mass is 16.6. The summed E-state index contributed by atoms with van der Waals surface area (Å²) in [6.45, 7) is 2.25. The van der Waals surface area contributed by atoms with Crippen LogP contribution in [0.25, 0.3) is 0 Å². The van der Waals surface area contributed by atoms with Crippen LogP contribution >= 0.6 is 0 Å². The molecule has 0 aliphatic carbocycles. The van der Waals surface area contributed by atoms with Gasteiger partial charge in [-0.2, -0.15) is 10.1 Å². The van der Waals surface area contributed by atoms with Crippen molar-refractivity contribution >= 4 is 28.7 Å². The van der Waals surface area contributed by atoms with Crippen molar-refractivity contribution in [2.24, 2.45) is 5.10 Å². The molecule has 9 nitrogen and oxygen atoms in total. The molecule has 0 saturated carbocycles. The summed E-state index contributed by atoms with van der Waals surface area (Å²) in [6.07, 6.45) is 20.1. The Morgan fingerprint density at radius 1 is 0.800 bits per heavy atom. The molecule has 1 amide bonds. The minimum Gasteiger partial charge on any atom is -0.272 e. The molecule has 0 aromatic heterocycles. The first-order valence-electron chi connectivity index (χ1n) is 13.3. The van der Waals surface area contributed by atoms with E-state index in [1.165, 1.54) is 83.1 Å². The van der Waals surface area contributed by atoms with E-state index in [1.807, 2.05) is 0 Å². The second kappa shape index (κ2) is 15.9. The van der Waals surface area contributed by atoms with Crippen LogP contribution in [-0.4, -0.2) is 21.5 Å². The van der Waals surface area contributed by atoms with E-state index >= 15 is 0 Å². The van der Waals surface area contributed by atoms with E-state index in [-0.39, 0.29) is 18.0 Å². The predicted octanol–water partition coefficient (Wildman–Crippen LogP) is 7.86. The second-order valence-electron chi connectivity index (χ2n) is 9.44. The Kier molecular flexibility index (Phi) is 12.9. The van der Waals surface area contributed by atoms with Gasteiger partial charge in [0.1, 0.15) is 5.69 Å². The van der Waals surface area contributed by atoms with E-state index in [9.17, 15) is 25.0 Å².